The first-order chi connectivity index (χ1) is 11.5. The second-order valence-corrected chi connectivity index (χ2v) is 5.34. The Morgan fingerprint density at radius 1 is 1.42 bits per heavy atom. The quantitative estimate of drug-likeness (QED) is 0.792. The molecule has 2 aromatic rings. The van der Waals surface area contributed by atoms with Crippen LogP contribution < -0.4 is 10.1 Å². The summed E-state index contributed by atoms with van der Waals surface area (Å²) in [6.45, 7) is -0.281. The third-order valence-corrected chi connectivity index (χ3v) is 3.61. The third kappa shape index (κ3) is 3.00. The molecule has 1 N–H and O–H groups in total. The van der Waals surface area contributed by atoms with Crippen molar-refractivity contribution in [3.63, 3.8) is 0 Å². The zero-order valence-electron chi connectivity index (χ0n) is 13.2. The van der Waals surface area contributed by atoms with Crippen LogP contribution in [0.3, 0.4) is 0 Å². The maximum atomic E-state index is 11.9. The average molecular weight is 332 g/mol. The van der Waals surface area contributed by atoms with Crippen LogP contribution in [0.4, 0.5) is 4.79 Å². The van der Waals surface area contributed by atoms with Gasteiger partial charge in [-0.1, -0.05) is 0 Å². The number of methoxy groups -OCH3 is 1. The molecule has 9 nitrogen and oxygen atoms in total. The van der Waals surface area contributed by atoms with E-state index < -0.39 is 17.8 Å². The molecule has 0 aliphatic carbocycles. The summed E-state index contributed by atoms with van der Waals surface area (Å²) in [6.07, 6.45) is 0. The number of nitrogens with zero attached hydrogens (tertiary/aromatic N) is 3. The zero-order valence-corrected chi connectivity index (χ0v) is 13.2. The molecule has 3 rings (SSSR count). The van der Waals surface area contributed by atoms with Crippen molar-refractivity contribution < 1.29 is 23.5 Å². The molecular formula is C15H16N4O5. The van der Waals surface area contributed by atoms with E-state index in [9.17, 15) is 14.4 Å². The highest BCUT2D eigenvalue weighted by Crippen LogP contribution is 2.21. The number of imide groups is 1. The normalized spacial score (nSPS) is 14.6. The van der Waals surface area contributed by atoms with Gasteiger partial charge in [-0.3, -0.25) is 14.5 Å². The minimum absolute atomic E-state index is 0.0148. The number of likely N-dealkylation sites (N-methyl/N-ethyl adjacent to an activating group) is 1. The van der Waals surface area contributed by atoms with Crippen molar-refractivity contribution in [2.24, 2.45) is 0 Å². The number of carbonyl (C=O) groups is 3. The number of urea groups is 1. The summed E-state index contributed by atoms with van der Waals surface area (Å²) in [7, 11) is 3.06. The number of benzene rings is 1. The van der Waals surface area contributed by atoms with E-state index in [2.05, 4.69) is 10.3 Å². The molecule has 0 unspecified atom stereocenters. The van der Waals surface area contributed by atoms with Crippen molar-refractivity contribution >= 4 is 28.9 Å². The van der Waals surface area contributed by atoms with Crippen LogP contribution in [0.25, 0.3) is 11.1 Å². The summed E-state index contributed by atoms with van der Waals surface area (Å²) >= 11 is 0. The molecular weight excluding hydrogens is 316 g/mol. The molecule has 0 atom stereocenters. The van der Waals surface area contributed by atoms with Gasteiger partial charge in [-0.05, 0) is 12.1 Å². The first-order valence-electron chi connectivity index (χ1n) is 7.23. The number of rotatable bonds is 5. The number of amides is 4. The maximum absolute atomic E-state index is 11.9. The minimum Gasteiger partial charge on any atom is -0.497 e. The van der Waals surface area contributed by atoms with Crippen LogP contribution in [0, 0.1) is 0 Å². The minimum atomic E-state index is -0.482. The summed E-state index contributed by atoms with van der Waals surface area (Å²) in [6, 6.07) is 4.71. The molecule has 24 heavy (non-hydrogen) atoms. The number of carbonyl (C=O) groups excluding carboxylic acids is 3. The highest BCUT2D eigenvalue weighted by molar-refractivity contribution is 6.04. The van der Waals surface area contributed by atoms with Crippen LogP contribution in [0.2, 0.25) is 0 Å². The van der Waals surface area contributed by atoms with Gasteiger partial charge >= 0.3 is 6.03 Å². The number of hydrogen-bond donors (Lipinski definition) is 1. The molecule has 2 heterocycles. The van der Waals surface area contributed by atoms with Crippen LogP contribution in [0.5, 0.6) is 5.75 Å². The fraction of sp³-hybridized carbons (Fsp3) is 0.333. The first-order valence-corrected chi connectivity index (χ1v) is 7.23. The van der Waals surface area contributed by atoms with Gasteiger partial charge in [0.25, 0.3) is 5.91 Å². The highest BCUT2D eigenvalue weighted by Gasteiger charge is 2.34. The van der Waals surface area contributed by atoms with Gasteiger partial charge in [0.2, 0.25) is 11.8 Å². The molecule has 1 fully saturated rings. The van der Waals surface area contributed by atoms with E-state index in [1.807, 2.05) is 0 Å². The second-order valence-electron chi connectivity index (χ2n) is 5.34. The third-order valence-electron chi connectivity index (χ3n) is 3.61. The Balaban J connectivity index is 1.60. The predicted octanol–water partition coefficient (Wildman–Crippen LogP) is 0.347. The molecule has 1 aromatic heterocycles. The molecule has 0 bridgehead atoms. The summed E-state index contributed by atoms with van der Waals surface area (Å²) in [5.41, 5.74) is 1.19. The Labute approximate surface area is 137 Å². The lowest BCUT2D eigenvalue weighted by molar-refractivity contribution is -0.130. The SMILES string of the molecule is COc1ccc2oc(CNC(=O)CN3C(=O)CN(C)C3=O)nc2c1. The largest absolute Gasteiger partial charge is 0.497 e. The van der Waals surface area contributed by atoms with Crippen molar-refractivity contribution in [1.29, 1.82) is 0 Å². The molecule has 1 saturated heterocycles. The van der Waals surface area contributed by atoms with Crippen molar-refractivity contribution in [2.45, 2.75) is 6.54 Å². The molecule has 0 spiro atoms. The molecule has 4 amide bonds. The summed E-state index contributed by atoms with van der Waals surface area (Å²) in [5, 5.41) is 2.58. The van der Waals surface area contributed by atoms with E-state index in [0.717, 1.165) is 4.90 Å². The Morgan fingerprint density at radius 3 is 2.88 bits per heavy atom. The van der Waals surface area contributed by atoms with Crippen LogP contribution in [0.1, 0.15) is 5.89 Å². The lowest BCUT2D eigenvalue weighted by Crippen LogP contribution is -2.40. The highest BCUT2D eigenvalue weighted by atomic mass is 16.5. The standard InChI is InChI=1S/C15H16N4O5/c1-18-8-14(21)19(15(18)22)7-12(20)16-6-13-17-10-5-9(23-2)3-4-11(10)24-13/h3-5H,6-8H2,1-2H3,(H,16,20). The lowest BCUT2D eigenvalue weighted by Gasteiger charge is -2.13. The van der Waals surface area contributed by atoms with E-state index in [1.165, 1.54) is 11.9 Å². The molecule has 126 valence electrons. The summed E-state index contributed by atoms with van der Waals surface area (Å²) in [4.78, 5) is 41.7. The van der Waals surface area contributed by atoms with Crippen LogP contribution in [-0.2, 0) is 16.1 Å². The van der Waals surface area contributed by atoms with Crippen LogP contribution in [0.15, 0.2) is 22.6 Å². The molecule has 1 aliphatic heterocycles. The van der Waals surface area contributed by atoms with E-state index in [0.29, 0.717) is 22.7 Å². The van der Waals surface area contributed by atoms with E-state index in [-0.39, 0.29) is 19.6 Å². The number of aromatic nitrogens is 1. The van der Waals surface area contributed by atoms with Gasteiger partial charge in [-0.15, -0.1) is 0 Å². The summed E-state index contributed by atoms with van der Waals surface area (Å²) in [5.74, 6) is 0.114. The van der Waals surface area contributed by atoms with Crippen molar-refractivity contribution in [3.05, 3.63) is 24.1 Å². The molecule has 0 saturated carbocycles. The van der Waals surface area contributed by atoms with Gasteiger partial charge in [-0.2, -0.15) is 0 Å². The second kappa shape index (κ2) is 6.19. The van der Waals surface area contributed by atoms with E-state index >= 15 is 0 Å². The molecule has 1 aliphatic rings. The zero-order chi connectivity index (χ0) is 17.3. The van der Waals surface area contributed by atoms with Crippen molar-refractivity contribution in [1.82, 2.24) is 20.1 Å². The van der Waals surface area contributed by atoms with E-state index in [1.54, 1.807) is 25.3 Å². The van der Waals surface area contributed by atoms with Gasteiger partial charge in [-0.25, -0.2) is 9.78 Å². The van der Waals surface area contributed by atoms with Gasteiger partial charge in [0, 0.05) is 13.1 Å². The Kier molecular flexibility index (Phi) is 4.07. The number of fused-ring (bicyclic) bond motifs is 1. The monoisotopic (exact) mass is 332 g/mol. The Bertz CT molecular complexity index is 815. The molecule has 9 heteroatoms. The number of ether oxygens (including phenoxy) is 1. The average Bonchev–Trinajstić information content (AvgIpc) is 3.08. The molecule has 0 radical (unpaired) electrons. The Hall–Kier alpha value is -3.10. The van der Waals surface area contributed by atoms with Crippen LogP contribution in [-0.4, -0.2) is 59.9 Å². The maximum Gasteiger partial charge on any atom is 0.327 e. The summed E-state index contributed by atoms with van der Waals surface area (Å²) < 4.78 is 10.6. The first kappa shape index (κ1) is 15.8. The fourth-order valence-corrected chi connectivity index (χ4v) is 2.36. The number of oxazole rings is 1. The van der Waals surface area contributed by atoms with E-state index in [4.69, 9.17) is 9.15 Å². The lowest BCUT2D eigenvalue weighted by atomic mass is 10.3. The van der Waals surface area contributed by atoms with Crippen molar-refractivity contribution in [3.8, 4) is 5.75 Å². The Morgan fingerprint density at radius 2 is 2.21 bits per heavy atom. The smallest absolute Gasteiger partial charge is 0.327 e. The van der Waals surface area contributed by atoms with Gasteiger partial charge in [0.1, 0.15) is 24.4 Å². The fourth-order valence-electron chi connectivity index (χ4n) is 2.36. The van der Waals surface area contributed by atoms with Gasteiger partial charge in [0.05, 0.1) is 13.7 Å². The van der Waals surface area contributed by atoms with Gasteiger partial charge in [0.15, 0.2) is 5.58 Å². The van der Waals surface area contributed by atoms with Gasteiger partial charge < -0.3 is 19.4 Å². The predicted molar refractivity (Wildman–Crippen MR) is 82.1 cm³/mol. The van der Waals surface area contributed by atoms with Crippen molar-refractivity contribution in [2.75, 3.05) is 27.2 Å². The molecule has 1 aromatic carbocycles. The van der Waals surface area contributed by atoms with Crippen LogP contribution >= 0.6 is 0 Å². The number of nitrogens with one attached hydrogen (secondary N) is 1. The number of hydrogen-bond acceptors (Lipinski definition) is 6. The topological polar surface area (TPSA) is 105 Å².